The number of nitrogens with zero attached hydrogens (tertiary/aromatic N) is 1. The van der Waals surface area contributed by atoms with Gasteiger partial charge in [-0.05, 0) is 37.0 Å². The highest BCUT2D eigenvalue weighted by molar-refractivity contribution is 7.98. The summed E-state index contributed by atoms with van der Waals surface area (Å²) >= 11 is 1.91. The Hall–Kier alpha value is -1.23. The molecule has 0 aromatic carbocycles. The first-order valence-electron chi connectivity index (χ1n) is 6.69. The monoisotopic (exact) mass is 281 g/mol. The molecule has 4 nitrogen and oxygen atoms in total. The van der Waals surface area contributed by atoms with Gasteiger partial charge in [-0.3, -0.25) is 9.78 Å². The molecule has 1 aromatic heterocycles. The van der Waals surface area contributed by atoms with Crippen LogP contribution in [0.4, 0.5) is 5.69 Å². The maximum atomic E-state index is 11.4. The highest BCUT2D eigenvalue weighted by Gasteiger charge is 2.04. The molecule has 0 aliphatic heterocycles. The first kappa shape index (κ1) is 15.8. The summed E-state index contributed by atoms with van der Waals surface area (Å²) in [6, 6.07) is 3.67. The first-order valence-corrected chi connectivity index (χ1v) is 8.08. The number of anilines is 1. The van der Waals surface area contributed by atoms with Gasteiger partial charge < -0.3 is 10.6 Å². The molecule has 0 aliphatic carbocycles. The predicted octanol–water partition coefficient (Wildman–Crippen LogP) is 2.78. The minimum Gasteiger partial charge on any atom is -0.385 e. The van der Waals surface area contributed by atoms with E-state index >= 15 is 0 Å². The summed E-state index contributed by atoms with van der Waals surface area (Å²) in [7, 11) is 1.61. The zero-order valence-corrected chi connectivity index (χ0v) is 12.6. The summed E-state index contributed by atoms with van der Waals surface area (Å²) in [6.07, 6.45) is 8.81. The Morgan fingerprint density at radius 2 is 2.11 bits per heavy atom. The summed E-state index contributed by atoms with van der Waals surface area (Å²) in [5.41, 5.74) is 1.41. The van der Waals surface area contributed by atoms with Gasteiger partial charge in [0.15, 0.2) is 0 Å². The Labute approximate surface area is 119 Å². The third-order valence-electron chi connectivity index (χ3n) is 2.82. The van der Waals surface area contributed by atoms with Gasteiger partial charge in [-0.2, -0.15) is 11.8 Å². The molecular weight excluding hydrogens is 258 g/mol. The fraction of sp³-hybridized carbons (Fsp3) is 0.571. The molecule has 19 heavy (non-hydrogen) atoms. The molecule has 0 atom stereocenters. The number of amides is 1. The van der Waals surface area contributed by atoms with E-state index in [0.29, 0.717) is 5.69 Å². The molecule has 1 heterocycles. The summed E-state index contributed by atoms with van der Waals surface area (Å²) in [6.45, 7) is 0.941. The lowest BCUT2D eigenvalue weighted by atomic mass is 10.2. The summed E-state index contributed by atoms with van der Waals surface area (Å²) in [5.74, 6) is 1.11. The average molecular weight is 281 g/mol. The normalized spacial score (nSPS) is 10.2. The van der Waals surface area contributed by atoms with Crippen molar-refractivity contribution in [2.75, 3.05) is 30.9 Å². The number of thioether (sulfide) groups is 1. The number of carbonyl (C=O) groups excluding carboxylic acids is 1. The van der Waals surface area contributed by atoms with Crippen molar-refractivity contribution in [2.45, 2.75) is 25.7 Å². The van der Waals surface area contributed by atoms with Crippen LogP contribution < -0.4 is 10.6 Å². The zero-order valence-electron chi connectivity index (χ0n) is 11.7. The van der Waals surface area contributed by atoms with Gasteiger partial charge in [0, 0.05) is 25.5 Å². The van der Waals surface area contributed by atoms with E-state index in [1.807, 2.05) is 17.8 Å². The number of aromatic nitrogens is 1. The zero-order chi connectivity index (χ0) is 13.9. The second-order valence-electron chi connectivity index (χ2n) is 4.34. The molecule has 0 bridgehead atoms. The molecule has 0 saturated carbocycles. The minimum atomic E-state index is -0.152. The second-order valence-corrected chi connectivity index (χ2v) is 5.33. The van der Waals surface area contributed by atoms with E-state index in [1.165, 1.54) is 25.0 Å². The number of pyridine rings is 1. The van der Waals surface area contributed by atoms with Gasteiger partial charge in [-0.15, -0.1) is 0 Å². The smallest absolute Gasteiger partial charge is 0.269 e. The largest absolute Gasteiger partial charge is 0.385 e. The highest BCUT2D eigenvalue weighted by Crippen LogP contribution is 2.09. The van der Waals surface area contributed by atoms with Gasteiger partial charge in [-0.25, -0.2) is 0 Å². The van der Waals surface area contributed by atoms with Crippen LogP contribution in [0.3, 0.4) is 0 Å². The molecule has 0 aliphatic rings. The predicted molar refractivity (Wildman–Crippen MR) is 83.0 cm³/mol. The van der Waals surface area contributed by atoms with E-state index in [1.54, 1.807) is 19.3 Å². The SMILES string of the molecule is CNC(=O)c1cc(NCCCCCCSC)ccn1. The Bertz CT molecular complexity index is 385. The molecule has 2 N–H and O–H groups in total. The van der Waals surface area contributed by atoms with Crippen molar-refractivity contribution in [1.29, 1.82) is 0 Å². The van der Waals surface area contributed by atoms with Crippen molar-refractivity contribution in [3.63, 3.8) is 0 Å². The van der Waals surface area contributed by atoms with Crippen molar-refractivity contribution in [3.05, 3.63) is 24.0 Å². The van der Waals surface area contributed by atoms with Crippen LogP contribution in [0, 0.1) is 0 Å². The van der Waals surface area contributed by atoms with Crippen LogP contribution in [0.5, 0.6) is 0 Å². The van der Waals surface area contributed by atoms with Crippen LogP contribution in [0.15, 0.2) is 18.3 Å². The van der Waals surface area contributed by atoms with Crippen LogP contribution in [0.1, 0.15) is 36.2 Å². The van der Waals surface area contributed by atoms with Crippen molar-refractivity contribution in [3.8, 4) is 0 Å². The third-order valence-corrected chi connectivity index (χ3v) is 3.52. The molecule has 5 heteroatoms. The maximum absolute atomic E-state index is 11.4. The lowest BCUT2D eigenvalue weighted by molar-refractivity contribution is 0.0958. The number of hydrogen-bond donors (Lipinski definition) is 2. The van der Waals surface area contributed by atoms with Crippen molar-refractivity contribution in [1.82, 2.24) is 10.3 Å². The van der Waals surface area contributed by atoms with Crippen LogP contribution in [-0.4, -0.2) is 36.5 Å². The summed E-state index contributed by atoms with van der Waals surface area (Å²) in [4.78, 5) is 15.5. The Balaban J connectivity index is 2.24. The maximum Gasteiger partial charge on any atom is 0.269 e. The lowest BCUT2D eigenvalue weighted by Gasteiger charge is -2.07. The highest BCUT2D eigenvalue weighted by atomic mass is 32.2. The Morgan fingerprint density at radius 3 is 2.84 bits per heavy atom. The molecule has 1 amide bonds. The minimum absolute atomic E-state index is 0.152. The molecule has 0 radical (unpaired) electrons. The van der Waals surface area contributed by atoms with Crippen LogP contribution >= 0.6 is 11.8 Å². The third kappa shape index (κ3) is 6.47. The second kappa shape index (κ2) is 9.67. The van der Waals surface area contributed by atoms with E-state index in [4.69, 9.17) is 0 Å². The molecular formula is C14H23N3OS. The fourth-order valence-electron chi connectivity index (χ4n) is 1.75. The van der Waals surface area contributed by atoms with Crippen LogP contribution in [-0.2, 0) is 0 Å². The Morgan fingerprint density at radius 1 is 1.32 bits per heavy atom. The molecule has 0 unspecified atom stereocenters. The van der Waals surface area contributed by atoms with Crippen LogP contribution in [0.25, 0.3) is 0 Å². The van der Waals surface area contributed by atoms with Gasteiger partial charge >= 0.3 is 0 Å². The Kier molecular flexibility index (Phi) is 8.05. The molecule has 0 fully saturated rings. The number of unbranched alkanes of at least 4 members (excludes halogenated alkanes) is 3. The molecule has 1 aromatic rings. The quantitative estimate of drug-likeness (QED) is 0.683. The number of hydrogen-bond acceptors (Lipinski definition) is 4. The van der Waals surface area contributed by atoms with E-state index in [2.05, 4.69) is 21.9 Å². The van der Waals surface area contributed by atoms with Crippen molar-refractivity contribution >= 4 is 23.4 Å². The summed E-state index contributed by atoms with van der Waals surface area (Å²) < 4.78 is 0. The van der Waals surface area contributed by atoms with E-state index < -0.39 is 0 Å². The van der Waals surface area contributed by atoms with Crippen molar-refractivity contribution < 1.29 is 4.79 Å². The van der Waals surface area contributed by atoms with Gasteiger partial charge in [-0.1, -0.05) is 12.8 Å². The van der Waals surface area contributed by atoms with Gasteiger partial charge in [0.25, 0.3) is 5.91 Å². The topological polar surface area (TPSA) is 54.0 Å². The number of rotatable bonds is 9. The fourth-order valence-corrected chi connectivity index (χ4v) is 2.24. The van der Waals surface area contributed by atoms with E-state index in [9.17, 15) is 4.79 Å². The van der Waals surface area contributed by atoms with Gasteiger partial charge in [0.2, 0.25) is 0 Å². The van der Waals surface area contributed by atoms with Gasteiger partial charge in [0.1, 0.15) is 5.69 Å². The van der Waals surface area contributed by atoms with Crippen molar-refractivity contribution in [2.24, 2.45) is 0 Å². The lowest BCUT2D eigenvalue weighted by Crippen LogP contribution is -2.19. The molecule has 106 valence electrons. The summed E-state index contributed by atoms with van der Waals surface area (Å²) in [5, 5.41) is 5.90. The standard InChI is InChI=1S/C14H23N3OS/c1-15-14(18)13-11-12(7-9-17-13)16-8-5-3-4-6-10-19-2/h7,9,11H,3-6,8,10H2,1-2H3,(H,15,18)(H,16,17). The van der Waals surface area contributed by atoms with Gasteiger partial charge in [0.05, 0.1) is 0 Å². The van der Waals surface area contributed by atoms with E-state index in [-0.39, 0.29) is 5.91 Å². The van der Waals surface area contributed by atoms with Crippen LogP contribution in [0.2, 0.25) is 0 Å². The molecule has 0 saturated heterocycles. The average Bonchev–Trinajstić information content (AvgIpc) is 2.46. The number of carbonyl (C=O) groups is 1. The first-order chi connectivity index (χ1) is 9.27. The molecule has 1 rings (SSSR count). The molecule has 0 spiro atoms. The number of nitrogens with one attached hydrogen (secondary N) is 2. The van der Waals surface area contributed by atoms with E-state index in [0.717, 1.165) is 18.7 Å².